The van der Waals surface area contributed by atoms with Gasteiger partial charge in [-0.25, -0.2) is 0 Å². The Kier molecular flexibility index (Phi) is 6.73. The number of carbonyl (C=O) groups is 1. The van der Waals surface area contributed by atoms with Crippen molar-refractivity contribution in [1.82, 2.24) is 9.47 Å². The maximum atomic E-state index is 13.3. The van der Waals surface area contributed by atoms with Gasteiger partial charge in [-0.15, -0.1) is 0 Å². The minimum absolute atomic E-state index is 0.0830. The van der Waals surface area contributed by atoms with Crippen LogP contribution < -0.4 is 10.5 Å². The molecule has 4 rings (SSSR count). The second kappa shape index (κ2) is 9.54. The maximum absolute atomic E-state index is 13.3. The summed E-state index contributed by atoms with van der Waals surface area (Å²) in [4.78, 5) is 30.5. The van der Waals surface area contributed by atoms with Crippen molar-refractivity contribution >= 4 is 46.1 Å². The molecule has 1 aliphatic carbocycles. The van der Waals surface area contributed by atoms with Crippen LogP contribution in [0.3, 0.4) is 0 Å². The molecule has 1 saturated heterocycles. The van der Waals surface area contributed by atoms with E-state index in [0.29, 0.717) is 32.7 Å². The summed E-state index contributed by atoms with van der Waals surface area (Å²) in [6.45, 7) is 2.34. The molecule has 0 atom stereocenters. The van der Waals surface area contributed by atoms with E-state index >= 15 is 0 Å². The molecule has 1 amide bonds. The van der Waals surface area contributed by atoms with Crippen molar-refractivity contribution in [2.45, 2.75) is 45.2 Å². The highest BCUT2D eigenvalue weighted by atomic mass is 32.2. The number of anilines is 1. The molecule has 33 heavy (non-hydrogen) atoms. The van der Waals surface area contributed by atoms with E-state index in [-0.39, 0.29) is 23.1 Å². The third-order valence-electron chi connectivity index (χ3n) is 6.38. The number of amides is 1. The number of hydrogen-bond donors (Lipinski definition) is 0. The number of nitrogens with zero attached hydrogens (tertiary/aromatic N) is 4. The SMILES string of the molecule is Cc1c(/C=C2\SC(=S)N(C3CCCC3)C2=O)c(N(C)Cc2ccccc2)n(C)c(=O)c1C#N. The predicted molar refractivity (Wildman–Crippen MR) is 137 cm³/mol. The standard InChI is InChI=1S/C25H26N4O2S2/c1-16-19(13-21-24(31)29(25(32)33-21)18-11-7-8-12-18)22(28(3)23(30)20(16)14-26)27(2)15-17-9-5-4-6-10-17/h4-6,9-10,13,18H,7-8,11-12,15H2,1-3H3/b21-13-. The number of carbonyl (C=O) groups excluding carboxylic acids is 1. The number of hydrogen-bond acceptors (Lipinski definition) is 6. The smallest absolute Gasteiger partial charge is 0.270 e. The molecule has 0 N–H and O–H groups in total. The van der Waals surface area contributed by atoms with Gasteiger partial charge in [0.05, 0.1) is 4.91 Å². The number of nitriles is 1. The van der Waals surface area contributed by atoms with E-state index in [9.17, 15) is 14.9 Å². The highest BCUT2D eigenvalue weighted by Crippen LogP contribution is 2.39. The molecule has 1 aromatic heterocycles. The van der Waals surface area contributed by atoms with Gasteiger partial charge in [0.1, 0.15) is 21.8 Å². The molecule has 2 aromatic rings. The van der Waals surface area contributed by atoms with E-state index < -0.39 is 0 Å². The summed E-state index contributed by atoms with van der Waals surface area (Å²) >= 11 is 6.86. The summed E-state index contributed by atoms with van der Waals surface area (Å²) in [7, 11) is 3.58. The molecule has 6 nitrogen and oxygen atoms in total. The second-order valence-electron chi connectivity index (χ2n) is 8.54. The highest BCUT2D eigenvalue weighted by molar-refractivity contribution is 8.26. The number of pyridine rings is 1. The Morgan fingerprint density at radius 2 is 1.91 bits per heavy atom. The molecule has 8 heteroatoms. The Labute approximate surface area is 203 Å². The van der Waals surface area contributed by atoms with Crippen molar-refractivity contribution in [2.75, 3.05) is 11.9 Å². The van der Waals surface area contributed by atoms with E-state index in [2.05, 4.69) is 0 Å². The van der Waals surface area contributed by atoms with Crippen molar-refractivity contribution in [1.29, 1.82) is 5.26 Å². The first-order chi connectivity index (χ1) is 15.8. The zero-order valence-electron chi connectivity index (χ0n) is 19.0. The Bertz CT molecular complexity index is 1240. The van der Waals surface area contributed by atoms with Crippen molar-refractivity contribution in [3.8, 4) is 6.07 Å². The van der Waals surface area contributed by atoms with Gasteiger partial charge in [0.25, 0.3) is 11.5 Å². The van der Waals surface area contributed by atoms with Gasteiger partial charge < -0.3 is 4.90 Å². The molecule has 0 radical (unpaired) electrons. The number of aromatic nitrogens is 1. The monoisotopic (exact) mass is 478 g/mol. The molecule has 1 aliphatic heterocycles. The van der Waals surface area contributed by atoms with E-state index in [1.54, 1.807) is 24.9 Å². The normalized spacial score (nSPS) is 17.8. The van der Waals surface area contributed by atoms with E-state index in [4.69, 9.17) is 12.2 Å². The first-order valence-electron chi connectivity index (χ1n) is 11.0. The molecule has 1 saturated carbocycles. The fraction of sp³-hybridized carbons (Fsp3) is 0.360. The number of thiocarbonyl (C=S) groups is 1. The summed E-state index contributed by atoms with van der Waals surface area (Å²) in [5, 5.41) is 9.65. The molecule has 0 spiro atoms. The Balaban J connectivity index is 1.81. The fourth-order valence-corrected chi connectivity index (χ4v) is 6.08. The highest BCUT2D eigenvalue weighted by Gasteiger charge is 2.38. The van der Waals surface area contributed by atoms with E-state index in [0.717, 1.165) is 31.2 Å². The molecular formula is C25H26N4O2S2. The lowest BCUT2D eigenvalue weighted by molar-refractivity contribution is -0.123. The quantitative estimate of drug-likeness (QED) is 0.470. The molecule has 170 valence electrons. The molecule has 0 bridgehead atoms. The largest absolute Gasteiger partial charge is 0.356 e. The van der Waals surface area contributed by atoms with Crippen LogP contribution in [0.1, 0.15) is 47.9 Å². The molecule has 0 unspecified atom stereocenters. The molecular weight excluding hydrogens is 452 g/mol. The molecule has 1 aromatic carbocycles. The average Bonchev–Trinajstić information content (AvgIpc) is 3.41. The van der Waals surface area contributed by atoms with Gasteiger partial charge in [0, 0.05) is 32.2 Å². The lowest BCUT2D eigenvalue weighted by atomic mass is 10.0. The summed E-state index contributed by atoms with van der Waals surface area (Å²) in [6, 6.07) is 12.2. The topological polar surface area (TPSA) is 69.3 Å². The van der Waals surface area contributed by atoms with Crippen LogP contribution in [0.5, 0.6) is 0 Å². The van der Waals surface area contributed by atoms with Crippen molar-refractivity contribution < 1.29 is 4.79 Å². The lowest BCUT2D eigenvalue weighted by Crippen LogP contribution is -2.36. The maximum Gasteiger partial charge on any atom is 0.270 e. The summed E-state index contributed by atoms with van der Waals surface area (Å²) in [5.74, 6) is 0.576. The van der Waals surface area contributed by atoms with Gasteiger partial charge in [0.15, 0.2) is 0 Å². The minimum atomic E-state index is -0.347. The predicted octanol–water partition coefficient (Wildman–Crippen LogP) is 4.35. The number of rotatable bonds is 5. The average molecular weight is 479 g/mol. The van der Waals surface area contributed by atoms with Crippen LogP contribution in [-0.4, -0.2) is 32.8 Å². The molecule has 2 fully saturated rings. The van der Waals surface area contributed by atoms with Crippen LogP contribution in [0.15, 0.2) is 40.0 Å². The zero-order valence-corrected chi connectivity index (χ0v) is 20.6. The number of benzene rings is 1. The van der Waals surface area contributed by atoms with Crippen LogP contribution in [0, 0.1) is 18.3 Å². The second-order valence-corrected chi connectivity index (χ2v) is 10.2. The van der Waals surface area contributed by atoms with Crippen LogP contribution in [0.2, 0.25) is 0 Å². The number of thioether (sulfide) groups is 1. The van der Waals surface area contributed by atoms with Crippen LogP contribution in [0.4, 0.5) is 5.82 Å². The third-order valence-corrected chi connectivity index (χ3v) is 7.71. The van der Waals surface area contributed by atoms with Crippen LogP contribution in [0.25, 0.3) is 6.08 Å². The van der Waals surface area contributed by atoms with E-state index in [1.165, 1.54) is 16.3 Å². The van der Waals surface area contributed by atoms with Gasteiger partial charge in [0.2, 0.25) is 0 Å². The van der Waals surface area contributed by atoms with Gasteiger partial charge in [-0.2, -0.15) is 5.26 Å². The lowest BCUT2D eigenvalue weighted by Gasteiger charge is -2.26. The summed E-state index contributed by atoms with van der Waals surface area (Å²) in [6.07, 6.45) is 5.98. The first kappa shape index (κ1) is 23.3. The van der Waals surface area contributed by atoms with Gasteiger partial charge in [-0.3, -0.25) is 19.1 Å². The minimum Gasteiger partial charge on any atom is -0.356 e. The van der Waals surface area contributed by atoms with Crippen molar-refractivity contribution in [2.24, 2.45) is 7.05 Å². The Hall–Kier alpha value is -2.89. The Morgan fingerprint density at radius 1 is 1.24 bits per heavy atom. The molecule has 2 aliphatic rings. The van der Waals surface area contributed by atoms with Gasteiger partial charge in [-0.05, 0) is 37.0 Å². The van der Waals surface area contributed by atoms with E-state index in [1.807, 2.05) is 48.3 Å². The summed E-state index contributed by atoms with van der Waals surface area (Å²) in [5.41, 5.74) is 2.10. The summed E-state index contributed by atoms with van der Waals surface area (Å²) < 4.78 is 2.08. The fourth-order valence-electron chi connectivity index (χ4n) is 4.69. The van der Waals surface area contributed by atoms with Crippen LogP contribution >= 0.6 is 24.0 Å². The van der Waals surface area contributed by atoms with Crippen molar-refractivity contribution in [3.63, 3.8) is 0 Å². The Morgan fingerprint density at radius 3 is 2.55 bits per heavy atom. The van der Waals surface area contributed by atoms with Gasteiger partial charge >= 0.3 is 0 Å². The van der Waals surface area contributed by atoms with Crippen molar-refractivity contribution in [3.05, 3.63) is 67.8 Å². The first-order valence-corrected chi connectivity index (χ1v) is 12.2. The molecule has 2 heterocycles. The van der Waals surface area contributed by atoms with Crippen LogP contribution in [-0.2, 0) is 18.4 Å². The zero-order chi connectivity index (χ0) is 23.7. The van der Waals surface area contributed by atoms with Gasteiger partial charge in [-0.1, -0.05) is 67.2 Å². The third kappa shape index (κ3) is 4.35.